The van der Waals surface area contributed by atoms with Crippen molar-refractivity contribution in [2.45, 2.75) is 17.0 Å². The lowest BCUT2D eigenvalue weighted by Crippen LogP contribution is -2.05. The number of benzene rings is 1. The van der Waals surface area contributed by atoms with Crippen LogP contribution in [0, 0.1) is 0 Å². The Balaban J connectivity index is 1.71. The second-order valence-corrected chi connectivity index (χ2v) is 5.51. The van der Waals surface area contributed by atoms with Gasteiger partial charge in [0.2, 0.25) is 0 Å². The Morgan fingerprint density at radius 2 is 1.83 bits per heavy atom. The molecule has 0 aliphatic heterocycles. The molecule has 0 spiro atoms. The highest BCUT2D eigenvalue weighted by atomic mass is 32.2. The van der Waals surface area contributed by atoms with Crippen LogP contribution >= 0.6 is 11.8 Å². The van der Waals surface area contributed by atoms with Crippen LogP contribution in [0.1, 0.15) is 11.4 Å². The molecule has 118 valence electrons. The lowest BCUT2D eigenvalue weighted by Gasteiger charge is -2.07. The molecule has 3 aromatic rings. The first-order valence-electron chi connectivity index (χ1n) is 6.53. The van der Waals surface area contributed by atoms with Crippen molar-refractivity contribution >= 4 is 11.8 Å². The monoisotopic (exact) mass is 337 g/mol. The summed E-state index contributed by atoms with van der Waals surface area (Å²) < 4.78 is 39.1. The predicted molar refractivity (Wildman–Crippen MR) is 78.0 cm³/mol. The minimum absolute atomic E-state index is 0.389. The number of aromatic nitrogens is 5. The molecule has 0 saturated carbocycles. The van der Waals surface area contributed by atoms with Crippen molar-refractivity contribution in [3.63, 3.8) is 0 Å². The first kappa shape index (κ1) is 15.5. The van der Waals surface area contributed by atoms with E-state index in [2.05, 4.69) is 20.5 Å². The van der Waals surface area contributed by atoms with Gasteiger partial charge >= 0.3 is 6.18 Å². The van der Waals surface area contributed by atoms with Gasteiger partial charge in [0.05, 0.1) is 22.0 Å². The second kappa shape index (κ2) is 6.37. The maximum atomic E-state index is 12.5. The van der Waals surface area contributed by atoms with E-state index in [0.717, 1.165) is 18.0 Å². The second-order valence-electron chi connectivity index (χ2n) is 4.51. The molecule has 5 nitrogen and oxygen atoms in total. The van der Waals surface area contributed by atoms with Crippen LogP contribution in [-0.2, 0) is 11.9 Å². The summed E-state index contributed by atoms with van der Waals surface area (Å²) in [7, 11) is 0. The van der Waals surface area contributed by atoms with Crippen molar-refractivity contribution in [1.29, 1.82) is 0 Å². The van der Waals surface area contributed by atoms with Gasteiger partial charge in [-0.15, -0.1) is 5.10 Å². The molecule has 1 aromatic carbocycles. The summed E-state index contributed by atoms with van der Waals surface area (Å²) in [6.07, 6.45) is -3.56. The Hall–Kier alpha value is -2.42. The Morgan fingerprint density at radius 1 is 1.04 bits per heavy atom. The summed E-state index contributed by atoms with van der Waals surface area (Å²) >= 11 is 1.26. The Labute approximate surface area is 133 Å². The minimum Gasteiger partial charge on any atom is -0.249 e. The van der Waals surface area contributed by atoms with Crippen molar-refractivity contribution in [3.05, 3.63) is 60.0 Å². The number of thioether (sulfide) groups is 1. The molecule has 0 fully saturated rings. The number of tetrazole rings is 1. The number of hydrogen-bond donors (Lipinski definition) is 0. The topological polar surface area (TPSA) is 56.5 Å². The summed E-state index contributed by atoms with van der Waals surface area (Å²) in [5.41, 5.74) is 0.0458. The number of hydrogen-bond acceptors (Lipinski definition) is 5. The summed E-state index contributed by atoms with van der Waals surface area (Å²) in [4.78, 5) is 3.81. The molecule has 0 N–H and O–H groups in total. The lowest BCUT2D eigenvalue weighted by atomic mass is 10.3. The number of alkyl halides is 3. The number of nitrogens with zero attached hydrogens (tertiary/aromatic N) is 5. The third-order valence-corrected chi connectivity index (χ3v) is 3.89. The average molecular weight is 337 g/mol. The third kappa shape index (κ3) is 3.67. The van der Waals surface area contributed by atoms with Gasteiger partial charge in [-0.2, -0.15) is 17.9 Å². The van der Waals surface area contributed by atoms with Crippen LogP contribution in [-0.4, -0.2) is 25.2 Å². The normalized spacial score (nSPS) is 11.6. The highest BCUT2D eigenvalue weighted by Gasteiger charge is 2.30. The summed E-state index contributed by atoms with van der Waals surface area (Å²) in [6.45, 7) is 0. The van der Waals surface area contributed by atoms with Gasteiger partial charge in [-0.1, -0.05) is 30.0 Å². The fraction of sp³-hybridized carbons (Fsp3) is 0.143. The van der Waals surface area contributed by atoms with E-state index < -0.39 is 11.7 Å². The van der Waals surface area contributed by atoms with Crippen LogP contribution in [0.25, 0.3) is 5.69 Å². The summed E-state index contributed by atoms with van der Waals surface area (Å²) in [6, 6.07) is 11.7. The van der Waals surface area contributed by atoms with Crippen LogP contribution in [0.15, 0.2) is 53.7 Å². The van der Waals surface area contributed by atoms with Crippen LogP contribution in [0.5, 0.6) is 0 Å². The fourth-order valence-electron chi connectivity index (χ4n) is 1.84. The van der Waals surface area contributed by atoms with Crippen molar-refractivity contribution in [1.82, 2.24) is 25.2 Å². The standard InChI is InChI=1S/C14H10F3N5S/c15-14(16,17)10-6-7-13(18-8-10)23-9-12-19-20-21-22(12)11-4-2-1-3-5-11/h1-8H,9H2. The SMILES string of the molecule is FC(F)(F)c1ccc(SCc2nnnn2-c2ccccc2)nc1. The van der Waals surface area contributed by atoms with Gasteiger partial charge in [0, 0.05) is 6.20 Å². The molecule has 2 heterocycles. The van der Waals surface area contributed by atoms with Crippen molar-refractivity contribution < 1.29 is 13.2 Å². The van der Waals surface area contributed by atoms with Gasteiger partial charge < -0.3 is 0 Å². The fourth-order valence-corrected chi connectivity index (χ4v) is 2.59. The molecule has 23 heavy (non-hydrogen) atoms. The molecule has 9 heteroatoms. The smallest absolute Gasteiger partial charge is 0.249 e. The lowest BCUT2D eigenvalue weighted by molar-refractivity contribution is -0.137. The van der Waals surface area contributed by atoms with E-state index >= 15 is 0 Å². The third-order valence-electron chi connectivity index (χ3n) is 2.95. The summed E-state index contributed by atoms with van der Waals surface area (Å²) in [5, 5.41) is 12.0. The molecule has 0 saturated heterocycles. The van der Waals surface area contributed by atoms with Gasteiger partial charge in [-0.3, -0.25) is 0 Å². The maximum absolute atomic E-state index is 12.5. The molecule has 0 atom stereocenters. The van der Waals surface area contributed by atoms with Crippen LogP contribution in [0.4, 0.5) is 13.2 Å². The summed E-state index contributed by atoms with van der Waals surface area (Å²) in [5.74, 6) is 0.975. The maximum Gasteiger partial charge on any atom is 0.417 e. The van der Waals surface area contributed by atoms with E-state index in [1.165, 1.54) is 17.8 Å². The molecule has 0 unspecified atom stereocenters. The number of halogens is 3. The average Bonchev–Trinajstić information content (AvgIpc) is 3.02. The quantitative estimate of drug-likeness (QED) is 0.683. The van der Waals surface area contributed by atoms with Crippen LogP contribution in [0.2, 0.25) is 0 Å². The van der Waals surface area contributed by atoms with Gasteiger partial charge in [0.1, 0.15) is 0 Å². The number of para-hydroxylation sites is 1. The molecule has 0 aliphatic rings. The van der Waals surface area contributed by atoms with E-state index in [9.17, 15) is 13.2 Å². The molecular weight excluding hydrogens is 327 g/mol. The van der Waals surface area contributed by atoms with Crippen molar-refractivity contribution in [2.75, 3.05) is 0 Å². The van der Waals surface area contributed by atoms with Crippen LogP contribution < -0.4 is 0 Å². The Kier molecular flexibility index (Phi) is 4.28. The van der Waals surface area contributed by atoms with E-state index in [-0.39, 0.29) is 0 Å². The molecule has 0 radical (unpaired) electrons. The van der Waals surface area contributed by atoms with E-state index in [1.807, 2.05) is 30.3 Å². The zero-order chi connectivity index (χ0) is 16.3. The first-order chi connectivity index (χ1) is 11.0. The zero-order valence-electron chi connectivity index (χ0n) is 11.6. The van der Waals surface area contributed by atoms with Gasteiger partial charge in [0.25, 0.3) is 0 Å². The van der Waals surface area contributed by atoms with E-state index in [4.69, 9.17) is 0 Å². The van der Waals surface area contributed by atoms with E-state index in [0.29, 0.717) is 16.6 Å². The molecule has 0 bridgehead atoms. The minimum atomic E-state index is -4.38. The zero-order valence-corrected chi connectivity index (χ0v) is 12.4. The van der Waals surface area contributed by atoms with E-state index in [1.54, 1.807) is 4.68 Å². The highest BCUT2D eigenvalue weighted by Crippen LogP contribution is 2.30. The Morgan fingerprint density at radius 3 is 2.48 bits per heavy atom. The number of rotatable bonds is 4. The highest BCUT2D eigenvalue weighted by molar-refractivity contribution is 7.98. The molecule has 2 aromatic heterocycles. The van der Waals surface area contributed by atoms with Crippen molar-refractivity contribution in [2.24, 2.45) is 0 Å². The van der Waals surface area contributed by atoms with Gasteiger partial charge in [-0.05, 0) is 34.7 Å². The van der Waals surface area contributed by atoms with Crippen molar-refractivity contribution in [3.8, 4) is 5.69 Å². The van der Waals surface area contributed by atoms with Gasteiger partial charge in [-0.25, -0.2) is 4.98 Å². The number of pyridine rings is 1. The largest absolute Gasteiger partial charge is 0.417 e. The van der Waals surface area contributed by atoms with Gasteiger partial charge in [0.15, 0.2) is 5.82 Å². The predicted octanol–water partition coefficient (Wildman–Crippen LogP) is 3.37. The first-order valence-corrected chi connectivity index (χ1v) is 7.51. The molecule has 0 aliphatic carbocycles. The van der Waals surface area contributed by atoms with Crippen LogP contribution in [0.3, 0.4) is 0 Å². The molecule has 3 rings (SSSR count). The Bertz CT molecular complexity index is 771. The molecular formula is C14H10F3N5S. The molecule has 0 amide bonds.